The molecule has 7 heteroatoms. The Bertz CT molecular complexity index is 1150. The van der Waals surface area contributed by atoms with Gasteiger partial charge in [-0.05, 0) is 39.9 Å². The Labute approximate surface area is 197 Å². The van der Waals surface area contributed by atoms with Crippen LogP contribution in [0.25, 0.3) is 11.1 Å². The highest BCUT2D eigenvalue weighted by atomic mass is 35.5. The summed E-state index contributed by atoms with van der Waals surface area (Å²) in [6, 6.07) is 20.3. The van der Waals surface area contributed by atoms with E-state index in [-0.39, 0.29) is 18.9 Å². The first-order valence-corrected chi connectivity index (χ1v) is 11.0. The summed E-state index contributed by atoms with van der Waals surface area (Å²) in [5, 5.41) is 12.6. The van der Waals surface area contributed by atoms with Crippen LogP contribution in [0.4, 0.5) is 10.5 Å². The summed E-state index contributed by atoms with van der Waals surface area (Å²) in [5.74, 6) is -1.25. The summed E-state index contributed by atoms with van der Waals surface area (Å²) in [6.07, 6.45) is -0.725. The number of fused-ring (bicyclic) bond motifs is 3. The number of hydrogen-bond donors (Lipinski definition) is 2. The van der Waals surface area contributed by atoms with E-state index in [0.717, 1.165) is 27.9 Å². The van der Waals surface area contributed by atoms with Gasteiger partial charge in [0.2, 0.25) is 0 Å². The Morgan fingerprint density at radius 3 is 2.18 bits per heavy atom. The van der Waals surface area contributed by atoms with Crippen molar-refractivity contribution in [2.24, 2.45) is 0 Å². The van der Waals surface area contributed by atoms with Gasteiger partial charge in [0, 0.05) is 37.1 Å². The van der Waals surface area contributed by atoms with Crippen LogP contribution in [0.3, 0.4) is 0 Å². The molecule has 0 saturated heterocycles. The normalized spacial score (nSPS) is 13.1. The molecule has 1 aliphatic rings. The second kappa shape index (κ2) is 9.55. The monoisotopic (exact) mass is 464 g/mol. The molecule has 0 radical (unpaired) electrons. The summed E-state index contributed by atoms with van der Waals surface area (Å²) in [5.41, 5.74) is 5.97. The number of nitrogens with one attached hydrogen (secondary N) is 1. The molecule has 0 aromatic heterocycles. The molecule has 1 aliphatic carbocycles. The molecule has 33 heavy (non-hydrogen) atoms. The van der Waals surface area contributed by atoms with Crippen LogP contribution in [0.15, 0.2) is 66.7 Å². The molecule has 1 atom stereocenters. The Morgan fingerprint density at radius 1 is 1.03 bits per heavy atom. The van der Waals surface area contributed by atoms with E-state index in [0.29, 0.717) is 10.6 Å². The largest absolute Gasteiger partial charge is 0.480 e. The number of anilines is 1. The number of benzene rings is 3. The lowest BCUT2D eigenvalue weighted by Gasteiger charge is -2.19. The van der Waals surface area contributed by atoms with Crippen LogP contribution in [0.5, 0.6) is 0 Å². The Kier molecular flexibility index (Phi) is 6.56. The van der Waals surface area contributed by atoms with Crippen molar-refractivity contribution < 1.29 is 19.4 Å². The Balaban J connectivity index is 1.43. The highest BCUT2D eigenvalue weighted by molar-refractivity contribution is 6.31. The summed E-state index contributed by atoms with van der Waals surface area (Å²) in [6.45, 7) is 0.116. The first kappa shape index (κ1) is 22.7. The quantitative estimate of drug-likeness (QED) is 0.517. The van der Waals surface area contributed by atoms with E-state index in [9.17, 15) is 14.7 Å². The Hall–Kier alpha value is -3.51. The average molecular weight is 465 g/mol. The number of ether oxygens (including phenoxy) is 1. The van der Waals surface area contributed by atoms with Gasteiger partial charge in [0.25, 0.3) is 0 Å². The third kappa shape index (κ3) is 4.81. The molecule has 0 heterocycles. The van der Waals surface area contributed by atoms with Crippen molar-refractivity contribution in [3.05, 3.63) is 88.4 Å². The molecule has 0 fully saturated rings. The maximum absolute atomic E-state index is 12.5. The van der Waals surface area contributed by atoms with E-state index in [2.05, 4.69) is 17.4 Å². The first-order chi connectivity index (χ1) is 15.8. The number of amides is 1. The third-order valence-corrected chi connectivity index (χ3v) is 6.26. The number of aliphatic carboxylic acids is 1. The number of carboxylic acids is 1. The van der Waals surface area contributed by atoms with Crippen molar-refractivity contribution in [1.82, 2.24) is 5.32 Å². The fraction of sp³-hybridized carbons (Fsp3) is 0.231. The molecule has 6 nitrogen and oxygen atoms in total. The van der Waals surface area contributed by atoms with Gasteiger partial charge >= 0.3 is 12.1 Å². The maximum Gasteiger partial charge on any atom is 0.407 e. The molecule has 2 N–H and O–H groups in total. The molecule has 0 bridgehead atoms. The van der Waals surface area contributed by atoms with Crippen LogP contribution in [-0.4, -0.2) is 43.9 Å². The molecule has 1 amide bonds. The van der Waals surface area contributed by atoms with E-state index in [1.165, 1.54) is 0 Å². The summed E-state index contributed by atoms with van der Waals surface area (Å²) >= 11 is 6.34. The van der Waals surface area contributed by atoms with E-state index in [4.69, 9.17) is 16.3 Å². The van der Waals surface area contributed by atoms with Crippen LogP contribution in [0.1, 0.15) is 22.6 Å². The van der Waals surface area contributed by atoms with Gasteiger partial charge in [-0.2, -0.15) is 0 Å². The van der Waals surface area contributed by atoms with E-state index >= 15 is 0 Å². The standard InChI is InChI=1S/C26H25ClN2O4/c1-29(2)17-12-11-16(23(27)14-17)13-24(25(30)31)28-26(32)33-15-22-20-9-5-3-7-18(20)19-8-4-6-10-21(19)22/h3-12,14,22,24H,13,15H2,1-2H3,(H,28,32)(H,30,31). The molecule has 1 unspecified atom stereocenters. The molecule has 0 spiro atoms. The van der Waals surface area contributed by atoms with Crippen LogP contribution >= 0.6 is 11.6 Å². The van der Waals surface area contributed by atoms with Crippen LogP contribution < -0.4 is 10.2 Å². The zero-order valence-corrected chi connectivity index (χ0v) is 19.2. The second-order valence-electron chi connectivity index (χ2n) is 8.23. The van der Waals surface area contributed by atoms with Crippen molar-refractivity contribution in [2.45, 2.75) is 18.4 Å². The molecule has 3 aromatic carbocycles. The number of rotatable bonds is 7. The molecule has 170 valence electrons. The number of hydrogen-bond acceptors (Lipinski definition) is 4. The zero-order chi connectivity index (χ0) is 23.5. The molecular formula is C26H25ClN2O4. The van der Waals surface area contributed by atoms with Crippen molar-refractivity contribution in [2.75, 3.05) is 25.6 Å². The van der Waals surface area contributed by atoms with E-state index in [1.807, 2.05) is 61.5 Å². The number of nitrogens with zero attached hydrogens (tertiary/aromatic N) is 1. The van der Waals surface area contributed by atoms with E-state index in [1.54, 1.807) is 12.1 Å². The number of carbonyl (C=O) groups excluding carboxylic acids is 1. The summed E-state index contributed by atoms with van der Waals surface area (Å²) in [7, 11) is 3.79. The van der Waals surface area contributed by atoms with Crippen LogP contribution in [0.2, 0.25) is 5.02 Å². The highest BCUT2D eigenvalue weighted by Crippen LogP contribution is 2.44. The van der Waals surface area contributed by atoms with Crippen molar-refractivity contribution >= 4 is 29.4 Å². The van der Waals surface area contributed by atoms with Gasteiger partial charge in [0.15, 0.2) is 0 Å². The lowest BCUT2D eigenvalue weighted by atomic mass is 9.98. The summed E-state index contributed by atoms with van der Waals surface area (Å²) < 4.78 is 5.49. The minimum atomic E-state index is -1.16. The average Bonchev–Trinajstić information content (AvgIpc) is 3.12. The molecule has 3 aromatic rings. The summed E-state index contributed by atoms with van der Waals surface area (Å²) in [4.78, 5) is 26.2. The van der Waals surface area contributed by atoms with Crippen LogP contribution in [0, 0.1) is 0 Å². The topological polar surface area (TPSA) is 78.9 Å². The molecule has 0 aliphatic heterocycles. The SMILES string of the molecule is CN(C)c1ccc(CC(NC(=O)OCC2c3ccccc3-c3ccccc32)C(=O)O)c(Cl)c1. The van der Waals surface area contributed by atoms with Crippen molar-refractivity contribution in [1.29, 1.82) is 0 Å². The van der Waals surface area contributed by atoms with Crippen molar-refractivity contribution in [3.63, 3.8) is 0 Å². The van der Waals surface area contributed by atoms with Gasteiger partial charge in [-0.15, -0.1) is 0 Å². The third-order valence-electron chi connectivity index (χ3n) is 5.91. The number of carboxylic acid groups (broad SMARTS) is 1. The maximum atomic E-state index is 12.5. The predicted octanol–water partition coefficient (Wildman–Crippen LogP) is 4.94. The Morgan fingerprint density at radius 2 is 1.64 bits per heavy atom. The minimum Gasteiger partial charge on any atom is -0.480 e. The molecule has 0 saturated carbocycles. The fourth-order valence-electron chi connectivity index (χ4n) is 4.18. The molecule has 4 rings (SSSR count). The van der Waals surface area contributed by atoms with Gasteiger partial charge in [0.05, 0.1) is 0 Å². The fourth-order valence-corrected chi connectivity index (χ4v) is 4.43. The lowest BCUT2D eigenvalue weighted by molar-refractivity contribution is -0.139. The zero-order valence-electron chi connectivity index (χ0n) is 18.4. The number of alkyl carbamates (subject to hydrolysis) is 1. The van der Waals surface area contributed by atoms with Gasteiger partial charge in [-0.1, -0.05) is 66.2 Å². The highest BCUT2D eigenvalue weighted by Gasteiger charge is 2.30. The van der Waals surface area contributed by atoms with Crippen LogP contribution in [-0.2, 0) is 16.0 Å². The number of carbonyl (C=O) groups is 2. The smallest absolute Gasteiger partial charge is 0.407 e. The van der Waals surface area contributed by atoms with Gasteiger partial charge in [0.1, 0.15) is 12.6 Å². The lowest BCUT2D eigenvalue weighted by Crippen LogP contribution is -2.43. The first-order valence-electron chi connectivity index (χ1n) is 10.6. The minimum absolute atomic E-state index is 0.0477. The number of halogens is 1. The van der Waals surface area contributed by atoms with Gasteiger partial charge < -0.3 is 20.1 Å². The van der Waals surface area contributed by atoms with Gasteiger partial charge in [-0.25, -0.2) is 9.59 Å². The molecular weight excluding hydrogens is 440 g/mol. The second-order valence-corrected chi connectivity index (χ2v) is 8.64. The van der Waals surface area contributed by atoms with Crippen molar-refractivity contribution in [3.8, 4) is 11.1 Å². The van der Waals surface area contributed by atoms with Gasteiger partial charge in [-0.3, -0.25) is 0 Å². The van der Waals surface area contributed by atoms with E-state index < -0.39 is 18.1 Å². The predicted molar refractivity (Wildman–Crippen MR) is 129 cm³/mol.